The van der Waals surface area contributed by atoms with Crippen molar-refractivity contribution in [2.75, 3.05) is 0 Å². The highest BCUT2D eigenvalue weighted by molar-refractivity contribution is 5.64. The van der Waals surface area contributed by atoms with Crippen molar-refractivity contribution in [2.24, 2.45) is 52.3 Å². The molecule has 0 saturated heterocycles. The summed E-state index contributed by atoms with van der Waals surface area (Å²) >= 11 is 0. The molecule has 152 valence electrons. The molecule has 0 aliphatic heterocycles. The second-order valence-electron chi connectivity index (χ2n) is 11.3. The number of carboxylic acid groups (broad SMARTS) is 1. The van der Waals surface area contributed by atoms with Crippen molar-refractivity contribution >= 4 is 5.97 Å². The van der Waals surface area contributed by atoms with Gasteiger partial charge in [0.15, 0.2) is 0 Å². The third-order valence-electron chi connectivity index (χ3n) is 9.99. The standard InChI is InChI=1S/C25H40O2/c1-16-11-13-24(3)18(15-16)6-7-19-21-9-8-20(17(2)5-10-23(26)27)25(21,4)14-12-22(19)24/h6-7,16-22H,5,8-15H2,1-4H3,(H,26,27)/p-1/t16-,17-,18?,19?,20?,21?,22?,24+,25-/m1/s1. The summed E-state index contributed by atoms with van der Waals surface area (Å²) in [4.78, 5) is 10.9. The largest absolute Gasteiger partial charge is 0.550 e. The number of hydrogen-bond donors (Lipinski definition) is 0. The van der Waals surface area contributed by atoms with E-state index in [1.165, 1.54) is 44.9 Å². The summed E-state index contributed by atoms with van der Waals surface area (Å²) in [5.74, 6) is 4.43. The van der Waals surface area contributed by atoms with Gasteiger partial charge in [0.25, 0.3) is 0 Å². The lowest BCUT2D eigenvalue weighted by molar-refractivity contribution is -0.306. The first-order valence-corrected chi connectivity index (χ1v) is 11.6. The molecule has 4 rings (SSSR count). The zero-order valence-electron chi connectivity index (χ0n) is 17.9. The van der Waals surface area contributed by atoms with E-state index in [9.17, 15) is 9.90 Å². The van der Waals surface area contributed by atoms with Gasteiger partial charge in [0.2, 0.25) is 0 Å². The average molecular weight is 372 g/mol. The molecule has 0 spiro atoms. The molecule has 2 heteroatoms. The number of carbonyl (C=O) groups is 1. The molecule has 0 radical (unpaired) electrons. The SMILES string of the molecule is C[C@@H]1CC[C@@]2(C)C(C=CC3C2CC[C@@]2(C)C3CCC2[C@H](C)CCC(=O)[O-])C1. The average Bonchev–Trinajstić information content (AvgIpc) is 2.97. The first-order valence-electron chi connectivity index (χ1n) is 11.6. The lowest BCUT2D eigenvalue weighted by Crippen LogP contribution is -2.51. The summed E-state index contributed by atoms with van der Waals surface area (Å²) in [6, 6.07) is 0. The Morgan fingerprint density at radius 2 is 1.78 bits per heavy atom. The van der Waals surface area contributed by atoms with Crippen LogP contribution < -0.4 is 5.11 Å². The van der Waals surface area contributed by atoms with Crippen molar-refractivity contribution in [3.63, 3.8) is 0 Å². The summed E-state index contributed by atoms with van der Waals surface area (Å²) in [5.41, 5.74) is 0.925. The van der Waals surface area contributed by atoms with E-state index in [1.54, 1.807) is 0 Å². The first kappa shape index (κ1) is 19.5. The Balaban J connectivity index is 1.55. The maximum absolute atomic E-state index is 10.9. The number of carbonyl (C=O) groups excluding carboxylic acids is 1. The van der Waals surface area contributed by atoms with E-state index in [4.69, 9.17) is 0 Å². The number of carboxylic acids is 1. The lowest BCUT2D eigenvalue weighted by atomic mass is 9.46. The molecule has 3 saturated carbocycles. The normalized spacial score (nSPS) is 49.8. The van der Waals surface area contributed by atoms with E-state index in [0.29, 0.717) is 22.7 Å². The van der Waals surface area contributed by atoms with Crippen LogP contribution in [0.25, 0.3) is 0 Å². The highest BCUT2D eigenvalue weighted by atomic mass is 16.4. The molecule has 0 bridgehead atoms. The first-order chi connectivity index (χ1) is 12.8. The number of hydrogen-bond acceptors (Lipinski definition) is 2. The fourth-order valence-electron chi connectivity index (χ4n) is 8.34. The van der Waals surface area contributed by atoms with Crippen molar-refractivity contribution in [3.8, 4) is 0 Å². The van der Waals surface area contributed by atoms with Gasteiger partial charge in [-0.3, -0.25) is 0 Å². The van der Waals surface area contributed by atoms with Crippen LogP contribution in [0.3, 0.4) is 0 Å². The zero-order valence-corrected chi connectivity index (χ0v) is 17.9. The monoisotopic (exact) mass is 371 g/mol. The van der Waals surface area contributed by atoms with Crippen LogP contribution in [-0.2, 0) is 4.79 Å². The minimum atomic E-state index is -0.883. The Bertz CT molecular complexity index is 609. The summed E-state index contributed by atoms with van der Waals surface area (Å²) in [6.07, 6.45) is 15.9. The molecule has 5 unspecified atom stereocenters. The van der Waals surface area contributed by atoms with Crippen LogP contribution in [0.2, 0.25) is 0 Å². The zero-order chi connectivity index (χ0) is 19.4. The summed E-state index contributed by atoms with van der Waals surface area (Å²) in [7, 11) is 0. The van der Waals surface area contributed by atoms with E-state index in [0.717, 1.165) is 36.0 Å². The van der Waals surface area contributed by atoms with Crippen molar-refractivity contribution < 1.29 is 9.90 Å². The molecule has 3 fully saturated rings. The topological polar surface area (TPSA) is 40.1 Å². The number of fused-ring (bicyclic) bond motifs is 5. The molecule has 0 heterocycles. The second-order valence-corrected chi connectivity index (χ2v) is 11.3. The van der Waals surface area contributed by atoms with Crippen LogP contribution in [0, 0.1) is 52.3 Å². The Morgan fingerprint density at radius 3 is 2.52 bits per heavy atom. The third kappa shape index (κ3) is 3.10. The van der Waals surface area contributed by atoms with Gasteiger partial charge in [0, 0.05) is 5.97 Å². The third-order valence-corrected chi connectivity index (χ3v) is 9.99. The van der Waals surface area contributed by atoms with Gasteiger partial charge in [0.05, 0.1) is 0 Å². The Hall–Kier alpha value is -0.790. The fraction of sp³-hybridized carbons (Fsp3) is 0.880. The quantitative estimate of drug-likeness (QED) is 0.635. The highest BCUT2D eigenvalue weighted by Crippen LogP contribution is 2.67. The molecular formula is C25H39O2-. The van der Waals surface area contributed by atoms with Gasteiger partial charge in [0.1, 0.15) is 0 Å². The van der Waals surface area contributed by atoms with Gasteiger partial charge in [-0.2, -0.15) is 0 Å². The molecule has 9 atom stereocenters. The van der Waals surface area contributed by atoms with Gasteiger partial charge < -0.3 is 9.90 Å². The maximum atomic E-state index is 10.9. The van der Waals surface area contributed by atoms with E-state index < -0.39 is 5.97 Å². The lowest BCUT2D eigenvalue weighted by Gasteiger charge is -2.59. The van der Waals surface area contributed by atoms with Crippen molar-refractivity contribution in [2.45, 2.75) is 85.5 Å². The number of aliphatic carboxylic acids is 1. The predicted octanol–water partition coefficient (Wildman–Crippen LogP) is 5.22. The van der Waals surface area contributed by atoms with E-state index in [2.05, 4.69) is 39.8 Å². The van der Waals surface area contributed by atoms with Gasteiger partial charge in [-0.1, -0.05) is 46.3 Å². The molecule has 0 aromatic heterocycles. The minimum absolute atomic E-state index is 0.225. The Kier molecular flexibility index (Phi) is 5.00. The van der Waals surface area contributed by atoms with Crippen LogP contribution in [0.1, 0.15) is 85.5 Å². The molecule has 0 amide bonds. The van der Waals surface area contributed by atoms with Gasteiger partial charge >= 0.3 is 0 Å². The van der Waals surface area contributed by atoms with Crippen molar-refractivity contribution in [1.82, 2.24) is 0 Å². The molecule has 27 heavy (non-hydrogen) atoms. The van der Waals surface area contributed by atoms with Gasteiger partial charge in [-0.25, -0.2) is 0 Å². The molecule has 0 aromatic rings. The predicted molar refractivity (Wildman–Crippen MR) is 108 cm³/mol. The highest BCUT2D eigenvalue weighted by Gasteiger charge is 2.59. The van der Waals surface area contributed by atoms with Crippen LogP contribution in [0.4, 0.5) is 0 Å². The number of rotatable bonds is 4. The summed E-state index contributed by atoms with van der Waals surface area (Å²) in [6.45, 7) is 9.89. The van der Waals surface area contributed by atoms with Crippen LogP contribution in [-0.4, -0.2) is 5.97 Å². The van der Waals surface area contributed by atoms with Crippen LogP contribution in [0.15, 0.2) is 12.2 Å². The Morgan fingerprint density at radius 1 is 1.07 bits per heavy atom. The number of allylic oxidation sites excluding steroid dienone is 2. The fourth-order valence-corrected chi connectivity index (χ4v) is 8.34. The van der Waals surface area contributed by atoms with Crippen LogP contribution in [0.5, 0.6) is 0 Å². The molecule has 2 nitrogen and oxygen atoms in total. The molecule has 0 aromatic carbocycles. The maximum Gasteiger partial charge on any atom is 0.0414 e. The van der Waals surface area contributed by atoms with E-state index >= 15 is 0 Å². The van der Waals surface area contributed by atoms with Gasteiger partial charge in [-0.05, 0) is 104 Å². The van der Waals surface area contributed by atoms with Gasteiger partial charge in [-0.15, -0.1) is 0 Å². The molecule has 0 N–H and O–H groups in total. The molecule has 4 aliphatic rings. The van der Waals surface area contributed by atoms with Crippen molar-refractivity contribution in [3.05, 3.63) is 12.2 Å². The summed E-state index contributed by atoms with van der Waals surface area (Å²) in [5, 5.41) is 10.9. The second kappa shape index (κ2) is 6.92. The van der Waals surface area contributed by atoms with Crippen molar-refractivity contribution in [1.29, 1.82) is 0 Å². The smallest absolute Gasteiger partial charge is 0.0414 e. The van der Waals surface area contributed by atoms with E-state index in [1.807, 2.05) is 0 Å². The Labute approximate surface area is 166 Å². The van der Waals surface area contributed by atoms with Crippen LogP contribution >= 0.6 is 0 Å². The summed E-state index contributed by atoms with van der Waals surface area (Å²) < 4.78 is 0. The molecular weight excluding hydrogens is 332 g/mol. The van der Waals surface area contributed by atoms with E-state index in [-0.39, 0.29) is 6.42 Å². The molecule has 4 aliphatic carbocycles. The minimum Gasteiger partial charge on any atom is -0.550 e.